The molecule has 296 valence electrons. The van der Waals surface area contributed by atoms with Crippen molar-refractivity contribution in [2.45, 2.75) is 161 Å². The summed E-state index contributed by atoms with van der Waals surface area (Å²) in [6, 6.07) is -1.09. The average Bonchev–Trinajstić information content (AvgIpc) is 3.49. The second-order valence-electron chi connectivity index (χ2n) is 16.5. The monoisotopic (exact) mass is 766 g/mol. The number of ether oxygens (including phenoxy) is 1. The third-order valence-electron chi connectivity index (χ3n) is 12.4. The highest BCUT2D eigenvalue weighted by atomic mass is 32.2. The van der Waals surface area contributed by atoms with Crippen LogP contribution < -0.4 is 26.8 Å². The lowest BCUT2D eigenvalue weighted by atomic mass is 9.77. The van der Waals surface area contributed by atoms with Crippen molar-refractivity contribution in [3.63, 3.8) is 0 Å². The topological polar surface area (TPSA) is 153 Å². The second-order valence-corrected chi connectivity index (χ2v) is 20.7. The van der Waals surface area contributed by atoms with Crippen LogP contribution in [0.4, 0.5) is 8.78 Å². The molecule has 0 amide bonds. The molecule has 17 heteroatoms. The first-order valence-corrected chi connectivity index (χ1v) is 21.6. The van der Waals surface area contributed by atoms with Crippen molar-refractivity contribution in [2.24, 2.45) is 11.8 Å². The number of likely N-dealkylation sites (tertiary alicyclic amines) is 1. The van der Waals surface area contributed by atoms with Gasteiger partial charge >= 0.3 is 0 Å². The van der Waals surface area contributed by atoms with Gasteiger partial charge in [-0.1, -0.05) is 0 Å². The Morgan fingerprint density at radius 2 is 1.78 bits per heavy atom. The Kier molecular flexibility index (Phi) is 14.4. The van der Waals surface area contributed by atoms with E-state index in [9.17, 15) is 18.5 Å². The van der Waals surface area contributed by atoms with Crippen LogP contribution in [0.3, 0.4) is 0 Å². The summed E-state index contributed by atoms with van der Waals surface area (Å²) < 4.78 is 64.2. The molecule has 5 rings (SSSR count). The molecular weight excluding hydrogens is 703 g/mol. The van der Waals surface area contributed by atoms with E-state index in [1.807, 2.05) is 0 Å². The predicted molar refractivity (Wildman–Crippen MR) is 198 cm³/mol. The minimum Gasteiger partial charge on any atom is -0.375 e. The van der Waals surface area contributed by atoms with E-state index in [1.165, 1.54) is 38.5 Å². The number of nitrogens with one attached hydrogen (secondary N) is 5. The summed E-state index contributed by atoms with van der Waals surface area (Å²) in [4.78, 5) is 15.6. The molecule has 51 heavy (non-hydrogen) atoms. The number of nitro groups is 1. The third-order valence-corrected chi connectivity index (χ3v) is 16.9. The Labute approximate surface area is 308 Å². The number of alkyl halides is 2. The minimum atomic E-state index is -4.00. The zero-order valence-electron chi connectivity index (χ0n) is 31.4. The SMILES string of the molecule is COC1C(NC2CC(C)NN2)NC(SC2CCC(S(=O)(=O)C(C)(C)C3CCCC([N+](=O)[O-])C3F)CC2F)NC1N1CCC(CCCN(C)C)CC1. The second kappa shape index (κ2) is 17.8. The minimum absolute atomic E-state index is 0.0219. The van der Waals surface area contributed by atoms with Crippen LogP contribution in [0.2, 0.25) is 0 Å². The van der Waals surface area contributed by atoms with Crippen LogP contribution in [0.15, 0.2) is 0 Å². The maximum Gasteiger partial charge on any atom is 0.244 e. The third kappa shape index (κ3) is 9.74. The Morgan fingerprint density at radius 1 is 1.06 bits per heavy atom. The Morgan fingerprint density at radius 3 is 2.39 bits per heavy atom. The van der Waals surface area contributed by atoms with Crippen LogP contribution >= 0.6 is 11.8 Å². The van der Waals surface area contributed by atoms with Crippen molar-refractivity contribution < 1.29 is 26.9 Å². The van der Waals surface area contributed by atoms with Crippen molar-refractivity contribution in [2.75, 3.05) is 40.8 Å². The largest absolute Gasteiger partial charge is 0.375 e. The number of piperidine rings is 1. The fraction of sp³-hybridized carbons (Fsp3) is 1.00. The first kappa shape index (κ1) is 41.4. The number of methoxy groups -OCH3 is 1. The molecule has 5 fully saturated rings. The molecule has 3 heterocycles. The van der Waals surface area contributed by atoms with E-state index in [0.29, 0.717) is 24.8 Å². The maximum absolute atomic E-state index is 16.1. The average molecular weight is 767 g/mol. The standard InChI is InChI=1S/C34H64F2N8O5S2/c1-21-19-28(41-40-21)37-31-30(49-6)32(43-17-14-22(15-18-43)9-8-16-42(4)5)39-33(38-31)50-27-13-12-23(20-25(27)35)51(47,48)34(2,3)24-10-7-11-26(29(24)36)44(45)46/h21-33,37-41H,7-20H2,1-6H3. The molecule has 3 aliphatic heterocycles. The maximum atomic E-state index is 16.1. The molecular formula is C34H64F2N8O5S2. The lowest BCUT2D eigenvalue weighted by Gasteiger charge is -2.50. The molecule has 0 radical (unpaired) electrons. The summed E-state index contributed by atoms with van der Waals surface area (Å²) in [6.07, 6.45) is 2.99. The van der Waals surface area contributed by atoms with E-state index < -0.39 is 54.3 Å². The Hall–Kier alpha value is -0.760. The number of rotatable bonds is 14. The predicted octanol–water partition coefficient (Wildman–Crippen LogP) is 2.96. The van der Waals surface area contributed by atoms with Gasteiger partial charge in [0.1, 0.15) is 17.8 Å². The van der Waals surface area contributed by atoms with Crippen LogP contribution in [-0.4, -0.2) is 134 Å². The fourth-order valence-electron chi connectivity index (χ4n) is 9.18. The van der Waals surface area contributed by atoms with Gasteiger partial charge in [0.2, 0.25) is 6.04 Å². The van der Waals surface area contributed by atoms with Crippen LogP contribution in [0, 0.1) is 22.0 Å². The Balaban J connectivity index is 1.24. The fourth-order valence-corrected chi connectivity index (χ4v) is 12.9. The number of thioether (sulfide) groups is 1. The summed E-state index contributed by atoms with van der Waals surface area (Å²) in [5.41, 5.74) is 6.28. The molecule has 3 saturated heterocycles. The van der Waals surface area contributed by atoms with Crippen LogP contribution in [0.1, 0.15) is 91.4 Å². The summed E-state index contributed by atoms with van der Waals surface area (Å²) >= 11 is 1.47. The molecule has 2 saturated carbocycles. The van der Waals surface area contributed by atoms with Gasteiger partial charge in [0.25, 0.3) is 0 Å². The van der Waals surface area contributed by atoms with Crippen molar-refractivity contribution in [1.82, 2.24) is 36.6 Å². The number of halogens is 2. The molecule has 0 aromatic carbocycles. The quantitative estimate of drug-likeness (QED) is 0.130. The van der Waals surface area contributed by atoms with Gasteiger partial charge in [-0.3, -0.25) is 36.4 Å². The van der Waals surface area contributed by atoms with Crippen molar-refractivity contribution in [1.29, 1.82) is 0 Å². The smallest absolute Gasteiger partial charge is 0.244 e. The van der Waals surface area contributed by atoms with Gasteiger partial charge < -0.3 is 9.64 Å². The highest BCUT2D eigenvalue weighted by molar-refractivity contribution is 8.00. The van der Waals surface area contributed by atoms with E-state index in [-0.39, 0.29) is 55.8 Å². The lowest BCUT2D eigenvalue weighted by molar-refractivity contribution is -0.536. The number of hydrazine groups is 1. The van der Waals surface area contributed by atoms with Crippen LogP contribution in [0.25, 0.3) is 0 Å². The van der Waals surface area contributed by atoms with Gasteiger partial charge in [-0.25, -0.2) is 22.6 Å². The summed E-state index contributed by atoms with van der Waals surface area (Å²) in [6.45, 7) is 8.07. The summed E-state index contributed by atoms with van der Waals surface area (Å²) in [5.74, 6) is -0.302. The summed E-state index contributed by atoms with van der Waals surface area (Å²) in [5, 5.41) is 21.2. The van der Waals surface area contributed by atoms with Gasteiger partial charge in [0.15, 0.2) is 16.0 Å². The van der Waals surface area contributed by atoms with Gasteiger partial charge in [-0.05, 0) is 125 Å². The molecule has 5 aliphatic rings. The molecule has 12 unspecified atom stereocenters. The van der Waals surface area contributed by atoms with E-state index in [1.54, 1.807) is 7.11 Å². The highest BCUT2D eigenvalue weighted by Crippen LogP contribution is 2.45. The zero-order valence-corrected chi connectivity index (χ0v) is 33.0. The van der Waals surface area contributed by atoms with E-state index in [4.69, 9.17) is 4.74 Å². The molecule has 13 nitrogen and oxygen atoms in total. The van der Waals surface area contributed by atoms with Gasteiger partial charge in [0.05, 0.1) is 28.5 Å². The van der Waals surface area contributed by atoms with E-state index >= 15 is 8.78 Å². The lowest BCUT2D eigenvalue weighted by Crippen LogP contribution is -2.75. The van der Waals surface area contributed by atoms with Gasteiger partial charge in [-0.15, -0.1) is 11.8 Å². The highest BCUT2D eigenvalue weighted by Gasteiger charge is 2.55. The van der Waals surface area contributed by atoms with Crippen LogP contribution in [-0.2, 0) is 14.6 Å². The molecule has 5 N–H and O–H groups in total. The van der Waals surface area contributed by atoms with Crippen molar-refractivity contribution in [3.8, 4) is 0 Å². The first-order chi connectivity index (χ1) is 24.1. The number of hydrogen-bond acceptors (Lipinski definition) is 13. The van der Waals surface area contributed by atoms with Gasteiger partial charge in [-0.2, -0.15) is 0 Å². The summed E-state index contributed by atoms with van der Waals surface area (Å²) in [7, 11) is 1.96. The molecule has 0 aromatic heterocycles. The molecule has 0 aromatic rings. The van der Waals surface area contributed by atoms with E-state index in [0.717, 1.165) is 38.9 Å². The Bertz CT molecular complexity index is 1250. The first-order valence-electron chi connectivity index (χ1n) is 19.1. The van der Waals surface area contributed by atoms with Crippen molar-refractivity contribution in [3.05, 3.63) is 10.1 Å². The van der Waals surface area contributed by atoms with E-state index in [2.05, 4.69) is 57.6 Å². The zero-order chi connectivity index (χ0) is 37.1. The van der Waals surface area contributed by atoms with Gasteiger partial charge in [0, 0.05) is 35.7 Å². The molecule has 2 aliphatic carbocycles. The molecule has 0 spiro atoms. The van der Waals surface area contributed by atoms with Crippen LogP contribution in [0.5, 0.6) is 0 Å². The molecule has 0 bridgehead atoms. The van der Waals surface area contributed by atoms with Crippen molar-refractivity contribution >= 4 is 21.6 Å². The normalized spacial score (nSPS) is 39.4. The number of sulfone groups is 1. The number of nitrogens with zero attached hydrogens (tertiary/aromatic N) is 3. The molecule has 12 atom stereocenters. The number of hydrogen-bond donors (Lipinski definition) is 5.